The van der Waals surface area contributed by atoms with Gasteiger partial charge < -0.3 is 88.0 Å². The summed E-state index contributed by atoms with van der Waals surface area (Å²) in [6.07, 6.45) is 10.1. The van der Waals surface area contributed by atoms with Gasteiger partial charge in [0.2, 0.25) is 55.5 Å². The Labute approximate surface area is 740 Å². The van der Waals surface area contributed by atoms with Crippen LogP contribution in [0, 0.1) is 41.4 Å². The number of nitrogens with zero attached hydrogens (tertiary/aromatic N) is 6. The molecule has 6 aliphatic rings. The topological polar surface area (TPSA) is 572 Å². The summed E-state index contributed by atoms with van der Waals surface area (Å²) in [5, 5.41) is 9.16. The van der Waals surface area contributed by atoms with E-state index >= 15 is 0 Å². The molecule has 3 saturated heterocycles. The van der Waals surface area contributed by atoms with Gasteiger partial charge in [0, 0.05) is 69.2 Å². The molecule has 680 valence electrons. The van der Waals surface area contributed by atoms with Crippen molar-refractivity contribution in [3.8, 4) is 0 Å². The Hall–Kier alpha value is -6.16. The van der Waals surface area contributed by atoms with Crippen LogP contribution in [-0.2, 0) is 90.8 Å². The van der Waals surface area contributed by atoms with Gasteiger partial charge in [0.05, 0.1) is 43.8 Å². The van der Waals surface area contributed by atoms with Gasteiger partial charge in [-0.15, -0.1) is 0 Å². The summed E-state index contributed by atoms with van der Waals surface area (Å²) >= 11 is 0. The zero-order valence-corrected chi connectivity index (χ0v) is 78.3. The molecule has 121 heavy (non-hydrogen) atoms. The number of hydrogen-bond donors (Lipinski definition) is 15. The predicted molar refractivity (Wildman–Crippen MR) is 497 cm³/mol. The van der Waals surface area contributed by atoms with E-state index in [2.05, 4.69) is 68.1 Å². The number of nitrogens with two attached hydrogens (primary N) is 10. The summed E-state index contributed by atoms with van der Waals surface area (Å²) in [6.45, 7) is 16.7. The highest BCUT2D eigenvalue weighted by molar-refractivity contribution is 8.77. The largest absolute Gasteiger partial charge is 0.383 e. The number of piperidine rings is 3. The second-order valence-corrected chi connectivity index (χ2v) is 45.1. The molecule has 2 aliphatic carbocycles. The molecule has 3 aromatic carbocycles. The summed E-state index contributed by atoms with van der Waals surface area (Å²) in [4.78, 5) is 99.6. The van der Waals surface area contributed by atoms with Crippen molar-refractivity contribution in [2.24, 2.45) is 114 Å². The Kier molecular flexibility index (Phi) is 44.6. The number of sulfonamides is 2. The van der Waals surface area contributed by atoms with Gasteiger partial charge in [-0.1, -0.05) is 150 Å². The van der Waals surface area contributed by atoms with Crippen LogP contribution in [0.1, 0.15) is 166 Å². The van der Waals surface area contributed by atoms with Crippen LogP contribution in [0.4, 0.5) is 5.69 Å². The smallest absolute Gasteiger partial charge is 0.243 e. The Morgan fingerprint density at radius 1 is 0.471 bits per heavy atom. The average Bonchev–Trinajstić information content (AvgIpc) is 0.785. The number of fused-ring (bicyclic) bond motifs is 3. The fourth-order valence-corrected chi connectivity index (χ4v) is 24.0. The number of carbonyl (C=O) groups is 6. The van der Waals surface area contributed by atoms with Crippen LogP contribution in [-0.4, -0.2) is 210 Å². The minimum atomic E-state index is -4.16. The average molecular weight is 1860 g/mol. The molecule has 4 heterocycles. The number of guanidine groups is 3. The standard InChI is InChI=1S/C50H78N12O8S4.C24H38N6O4S.C3H9NS2.C2H8N2S2/c1-31-15-16-38-35(23-31)9-5-13-42(38)74(69,70)60-39(12-8-20-56-50(53)54)48(66)62-22-18-33(3)26-41(62)46(64)59-30-72-71-29-58-45(63)40-25-32(2)17-21-61(40)47(65)37(11-7-19-55-49(51)52)28-73(67,68)43-14-6-10-36-24-34(4)27-57-44(36)43;1-15-8-9-18-17(13-15)5-3-7-21(18)35(33,34)29-19(6-4-11-28-24(26)27)23(32)30-12-10-16(2)14-20(30)22(25)31;1-2-5-6-3-4;3-1-5-6-2-4/h5-6,9-10,13-14,31-34,37,39-41,57,60H,7-8,11-12,15-30H2,1-4H3,(H,58,63)(H,59,64)(H4,51,52,55)(H4,53,54,56);3,5,7,15-16,19-20,29H,4,6,8-14H2,1-2H3,(H2,25,31)(H4,26,27,28);2-4H2,1H3;1-4H2/t31-,32-,33-,34+,37-,39+,40-,41-;15-,16-,19+,20-;;/m11../s1. The highest BCUT2D eigenvalue weighted by Gasteiger charge is 2.43. The van der Waals surface area contributed by atoms with Gasteiger partial charge >= 0.3 is 0 Å². The highest BCUT2D eigenvalue weighted by Crippen LogP contribution is 2.37. The summed E-state index contributed by atoms with van der Waals surface area (Å²) in [6, 6.07) is 11.1. The van der Waals surface area contributed by atoms with Crippen LogP contribution in [0.25, 0.3) is 0 Å². The third-order valence-corrected chi connectivity index (χ3v) is 32.8. The normalized spacial score (nSPS) is 21.5. The van der Waals surface area contributed by atoms with E-state index in [4.69, 9.17) is 57.3 Å². The lowest BCUT2D eigenvalue weighted by Crippen LogP contribution is -2.58. The van der Waals surface area contributed by atoms with Crippen LogP contribution in [0.5, 0.6) is 0 Å². The molecular formula is C79H133N21O12S9. The summed E-state index contributed by atoms with van der Waals surface area (Å²) < 4.78 is 89.1. The summed E-state index contributed by atoms with van der Waals surface area (Å²) in [5.74, 6) is 0.839. The van der Waals surface area contributed by atoms with Crippen LogP contribution >= 0.6 is 64.8 Å². The molecule has 33 nitrogen and oxygen atoms in total. The van der Waals surface area contributed by atoms with Crippen molar-refractivity contribution in [1.82, 2.24) is 34.8 Å². The lowest BCUT2D eigenvalue weighted by molar-refractivity contribution is -0.146. The molecule has 25 N–H and O–H groups in total. The van der Waals surface area contributed by atoms with E-state index in [1.165, 1.54) is 36.3 Å². The maximum atomic E-state index is 14.5. The highest BCUT2D eigenvalue weighted by atomic mass is 33.1. The lowest BCUT2D eigenvalue weighted by atomic mass is 9.85. The molecule has 3 fully saturated rings. The zero-order chi connectivity index (χ0) is 89.2. The number of sulfone groups is 1. The SMILES string of the molecule is CCSSCN.C[C@@H]1CCc2c(cccc2S(=O)(=O)N[C@@H](CCCN=C(N)N)C(=O)N2CC[C@@H](C)C[C@@H]2C(=O)NCSSCNC(=O)[C@H]2C[C@H](C)CCN2C(=O)[C@H](CCCN=C(N)N)CS(=O)(=O)c2cccc3c2NC[C@@H](C)C3)C1.C[C@@H]1CCc2c(cccc2S(=O)(=O)N[C@@H](CCCN=C(N)N)C(=O)N2CC[C@@H](C)C[C@@H]2C(N)=O)C1.NCSSCN. The Morgan fingerprint density at radius 2 is 0.851 bits per heavy atom. The number of nitrogens with one attached hydrogen (secondary N) is 5. The van der Waals surface area contributed by atoms with Gasteiger partial charge in [0.25, 0.3) is 0 Å². The predicted octanol–water partition coefficient (Wildman–Crippen LogP) is 5.17. The fourth-order valence-electron chi connectivity index (χ4n) is 15.9. The molecule has 0 bridgehead atoms. The summed E-state index contributed by atoms with van der Waals surface area (Å²) in [7, 11) is -2.90. The minimum Gasteiger partial charge on any atom is -0.383 e. The van der Waals surface area contributed by atoms with Gasteiger partial charge in [-0.3, -0.25) is 43.7 Å². The van der Waals surface area contributed by atoms with Crippen LogP contribution in [0.15, 0.2) is 84.3 Å². The Balaban J connectivity index is 0.000000396. The molecule has 0 spiro atoms. The molecule has 0 aromatic heterocycles. The van der Waals surface area contributed by atoms with Gasteiger partial charge in [0.1, 0.15) is 30.2 Å². The third kappa shape index (κ3) is 33.3. The molecule has 42 heteroatoms. The molecule has 4 aliphatic heterocycles. The van der Waals surface area contributed by atoms with Gasteiger partial charge in [-0.2, -0.15) is 9.44 Å². The van der Waals surface area contributed by atoms with E-state index in [1.54, 1.807) is 79.6 Å². The number of primary amides is 1. The molecule has 0 unspecified atom stereocenters. The van der Waals surface area contributed by atoms with Crippen molar-refractivity contribution >= 4 is 154 Å². The van der Waals surface area contributed by atoms with Crippen molar-refractivity contribution in [3.05, 3.63) is 82.4 Å². The first-order valence-electron chi connectivity index (χ1n) is 41.6. The number of rotatable bonds is 38. The fraction of sp³-hybridized carbons (Fsp3) is 0.658. The van der Waals surface area contributed by atoms with E-state index in [0.717, 1.165) is 71.6 Å². The Morgan fingerprint density at radius 3 is 1.26 bits per heavy atom. The number of amides is 6. The minimum absolute atomic E-state index is 0.0718. The number of likely N-dealkylation sites (tertiary alicyclic amines) is 3. The van der Waals surface area contributed by atoms with Gasteiger partial charge in [0.15, 0.2) is 27.7 Å². The van der Waals surface area contributed by atoms with Crippen LogP contribution in [0.3, 0.4) is 0 Å². The first-order chi connectivity index (χ1) is 57.5. The molecule has 0 radical (unpaired) electrons. The Bertz CT molecular complexity index is 4130. The number of carbonyl (C=O) groups excluding carboxylic acids is 6. The van der Waals surface area contributed by atoms with E-state index in [0.29, 0.717) is 119 Å². The first-order valence-corrected chi connectivity index (χ1v) is 53.7. The van der Waals surface area contributed by atoms with Crippen molar-refractivity contribution in [2.75, 3.05) is 92.0 Å². The first kappa shape index (κ1) is 104. The van der Waals surface area contributed by atoms with Gasteiger partial charge in [-0.25, -0.2) is 25.3 Å². The van der Waals surface area contributed by atoms with Crippen molar-refractivity contribution in [2.45, 2.75) is 215 Å². The molecule has 3 aromatic rings. The second-order valence-electron chi connectivity index (χ2n) is 31.9. The zero-order valence-electron chi connectivity index (χ0n) is 71.0. The van der Waals surface area contributed by atoms with E-state index in [-0.39, 0.29) is 126 Å². The third-order valence-electron chi connectivity index (χ3n) is 22.0. The van der Waals surface area contributed by atoms with E-state index in [9.17, 15) is 54.0 Å². The monoisotopic (exact) mass is 1860 g/mol. The summed E-state index contributed by atoms with van der Waals surface area (Å²) in [5.41, 5.74) is 59.0. The second kappa shape index (κ2) is 52.1. The molecule has 0 saturated carbocycles. The maximum Gasteiger partial charge on any atom is 0.243 e. The van der Waals surface area contributed by atoms with E-state index < -0.39 is 95.4 Å². The van der Waals surface area contributed by atoms with Crippen LogP contribution < -0.4 is 82.7 Å². The van der Waals surface area contributed by atoms with Crippen molar-refractivity contribution < 1.29 is 54.0 Å². The number of hydrogen-bond acceptors (Lipinski definition) is 25. The number of benzene rings is 3. The maximum absolute atomic E-state index is 14.5. The quantitative estimate of drug-likeness (QED) is 0.0116. The van der Waals surface area contributed by atoms with Crippen molar-refractivity contribution in [1.29, 1.82) is 0 Å². The lowest BCUT2D eigenvalue weighted by Gasteiger charge is -2.39. The molecular weight excluding hydrogens is 1720 g/mol. The number of anilines is 1. The molecule has 12 atom stereocenters. The number of aliphatic imine (C=N–C) groups is 3. The van der Waals surface area contributed by atoms with Gasteiger partial charge in [-0.05, 0) is 204 Å². The van der Waals surface area contributed by atoms with Crippen molar-refractivity contribution in [3.63, 3.8) is 0 Å². The van der Waals surface area contributed by atoms with Crippen LogP contribution in [0.2, 0.25) is 0 Å². The number of para-hydroxylation sites is 1. The van der Waals surface area contributed by atoms with E-state index in [1.807, 2.05) is 39.0 Å². The molecule has 9 rings (SSSR count). The molecule has 6 amide bonds.